The molecule has 10 heteroatoms. The van der Waals surface area contributed by atoms with Crippen LogP contribution >= 0.6 is 0 Å². The average Bonchev–Trinajstić information content (AvgIpc) is 3.23. The van der Waals surface area contributed by atoms with Gasteiger partial charge in [0.2, 0.25) is 0 Å². The van der Waals surface area contributed by atoms with Gasteiger partial charge in [-0.05, 0) is 17.5 Å². The molecule has 142 valence electrons. The number of nitrogen functional groups attached to an aromatic ring is 1. The van der Waals surface area contributed by atoms with Gasteiger partial charge in [-0.1, -0.05) is 0 Å². The molecule has 0 aliphatic carbocycles. The molecule has 0 radical (unpaired) electrons. The van der Waals surface area contributed by atoms with Crippen molar-refractivity contribution in [1.29, 1.82) is 0 Å². The van der Waals surface area contributed by atoms with Gasteiger partial charge in [0.05, 0.1) is 6.54 Å². The fraction of sp³-hybridized carbons (Fsp3) is 0.222. The van der Waals surface area contributed by atoms with Crippen molar-refractivity contribution in [3.8, 4) is 0 Å². The van der Waals surface area contributed by atoms with Crippen LogP contribution in [0.2, 0.25) is 0 Å². The molecule has 5 rings (SSSR count). The highest BCUT2D eigenvalue weighted by Gasteiger charge is 2.17. The Bertz CT molecular complexity index is 1180. The quantitative estimate of drug-likeness (QED) is 0.565. The molecule has 0 amide bonds. The maximum Gasteiger partial charge on any atom is 0.280 e. The Kier molecular flexibility index (Phi) is 3.71. The van der Waals surface area contributed by atoms with E-state index in [2.05, 4.69) is 29.9 Å². The van der Waals surface area contributed by atoms with Crippen LogP contribution in [0.4, 0.5) is 26.2 Å². The van der Waals surface area contributed by atoms with Gasteiger partial charge in [-0.25, -0.2) is 23.7 Å². The van der Waals surface area contributed by atoms with Gasteiger partial charge in [0, 0.05) is 48.7 Å². The largest absolute Gasteiger partial charge is 0.383 e. The first-order chi connectivity index (χ1) is 13.6. The molecular weight excluding hydrogens is 366 g/mol. The highest BCUT2D eigenvalue weighted by molar-refractivity contribution is 5.92. The molecule has 0 saturated carbocycles. The molecule has 0 spiro atoms. The van der Waals surface area contributed by atoms with Gasteiger partial charge in [0.25, 0.3) is 6.43 Å². The zero-order chi connectivity index (χ0) is 19.3. The number of imidazole rings is 1. The van der Waals surface area contributed by atoms with Crippen LogP contribution in [-0.4, -0.2) is 29.3 Å². The van der Waals surface area contributed by atoms with E-state index in [0.717, 1.165) is 24.5 Å². The van der Waals surface area contributed by atoms with Crippen LogP contribution in [-0.2, 0) is 19.5 Å². The summed E-state index contributed by atoms with van der Waals surface area (Å²) < 4.78 is 30.0. The fourth-order valence-corrected chi connectivity index (χ4v) is 3.43. The Balaban J connectivity index is 1.45. The molecule has 0 unspecified atom stereocenters. The molecule has 0 bridgehead atoms. The molecule has 0 aromatic carbocycles. The maximum absolute atomic E-state index is 13.0. The van der Waals surface area contributed by atoms with Crippen molar-refractivity contribution in [2.45, 2.75) is 25.9 Å². The van der Waals surface area contributed by atoms with Crippen LogP contribution in [0, 0.1) is 0 Å². The van der Waals surface area contributed by atoms with Crippen LogP contribution in [0.1, 0.15) is 23.6 Å². The summed E-state index contributed by atoms with van der Waals surface area (Å²) in [7, 11) is 0. The van der Waals surface area contributed by atoms with Crippen LogP contribution in [0.3, 0.4) is 0 Å². The Morgan fingerprint density at radius 3 is 2.89 bits per heavy atom. The number of nitrogens with two attached hydrogens (primary N) is 1. The summed E-state index contributed by atoms with van der Waals surface area (Å²) in [5.74, 6) is 2.13. The van der Waals surface area contributed by atoms with Crippen molar-refractivity contribution in [2.24, 2.45) is 0 Å². The summed E-state index contributed by atoms with van der Waals surface area (Å²) in [5.41, 5.74) is 6.51. The number of hydrogen-bond donors (Lipinski definition) is 2. The minimum absolute atomic E-state index is 0.0380. The van der Waals surface area contributed by atoms with E-state index in [4.69, 9.17) is 5.73 Å². The van der Waals surface area contributed by atoms with Crippen LogP contribution in [0.15, 0.2) is 36.8 Å². The molecule has 8 nitrogen and oxygen atoms in total. The minimum atomic E-state index is -2.69. The number of aromatic nitrogens is 6. The van der Waals surface area contributed by atoms with Crippen molar-refractivity contribution in [3.63, 3.8) is 0 Å². The molecule has 3 N–H and O–H groups in total. The fourth-order valence-electron chi connectivity index (χ4n) is 3.43. The number of anilines is 3. The number of rotatable bonds is 3. The minimum Gasteiger partial charge on any atom is -0.383 e. The number of pyridine rings is 2. The van der Waals surface area contributed by atoms with E-state index in [1.54, 1.807) is 12.3 Å². The lowest BCUT2D eigenvalue weighted by Gasteiger charge is -2.08. The predicted molar refractivity (Wildman–Crippen MR) is 99.5 cm³/mol. The Morgan fingerprint density at radius 2 is 2.04 bits per heavy atom. The number of fused-ring (bicyclic) bond motifs is 3. The van der Waals surface area contributed by atoms with E-state index in [-0.39, 0.29) is 11.5 Å². The Labute approximate surface area is 158 Å². The topological polar surface area (TPSA) is 99.5 Å². The molecule has 28 heavy (non-hydrogen) atoms. The Morgan fingerprint density at radius 1 is 1.14 bits per heavy atom. The summed E-state index contributed by atoms with van der Waals surface area (Å²) in [5, 5.41) is 8.80. The molecule has 0 saturated heterocycles. The number of nitrogens with zero attached hydrogens (tertiary/aromatic N) is 6. The highest BCUT2D eigenvalue weighted by atomic mass is 19.3. The molecular formula is C18H16F2N8. The van der Waals surface area contributed by atoms with E-state index in [1.807, 2.05) is 16.9 Å². The van der Waals surface area contributed by atoms with Crippen molar-refractivity contribution < 1.29 is 8.78 Å². The summed E-state index contributed by atoms with van der Waals surface area (Å²) in [6.45, 7) is 1.44. The molecule has 1 aliphatic heterocycles. The lowest BCUT2D eigenvalue weighted by molar-refractivity contribution is 0.146. The molecule has 4 aromatic rings. The monoisotopic (exact) mass is 382 g/mol. The third kappa shape index (κ3) is 2.82. The van der Waals surface area contributed by atoms with E-state index < -0.39 is 6.43 Å². The first-order valence-corrected chi connectivity index (χ1v) is 8.75. The third-order valence-electron chi connectivity index (χ3n) is 4.81. The SMILES string of the molecule is Nc1nc(C(F)F)cc2cc(Nc3cc4n(n3)Cc3nccn3CC4)ncc12. The second-order valence-corrected chi connectivity index (χ2v) is 6.61. The number of aryl methyl sites for hydroxylation is 2. The molecule has 0 atom stereocenters. The van der Waals surface area contributed by atoms with E-state index in [9.17, 15) is 8.78 Å². The summed E-state index contributed by atoms with van der Waals surface area (Å²) in [6, 6.07) is 4.95. The summed E-state index contributed by atoms with van der Waals surface area (Å²) in [6.07, 6.45) is 3.42. The molecule has 5 heterocycles. The summed E-state index contributed by atoms with van der Waals surface area (Å²) in [4.78, 5) is 12.4. The molecule has 1 aliphatic rings. The average molecular weight is 382 g/mol. The van der Waals surface area contributed by atoms with E-state index in [0.29, 0.717) is 29.0 Å². The van der Waals surface area contributed by atoms with E-state index >= 15 is 0 Å². The zero-order valence-electron chi connectivity index (χ0n) is 14.7. The van der Waals surface area contributed by atoms with Gasteiger partial charge in [-0.15, -0.1) is 0 Å². The second kappa shape index (κ2) is 6.25. The molecule has 0 fully saturated rings. The molecule has 4 aromatic heterocycles. The number of alkyl halides is 2. The number of nitrogens with one attached hydrogen (secondary N) is 1. The second-order valence-electron chi connectivity index (χ2n) is 6.61. The van der Waals surface area contributed by atoms with Crippen LogP contribution in [0.25, 0.3) is 10.8 Å². The zero-order valence-corrected chi connectivity index (χ0v) is 14.7. The van der Waals surface area contributed by atoms with Gasteiger partial charge in [-0.3, -0.25) is 4.68 Å². The van der Waals surface area contributed by atoms with Crippen LogP contribution < -0.4 is 11.1 Å². The first kappa shape index (κ1) is 16.6. The third-order valence-corrected chi connectivity index (χ3v) is 4.81. The van der Waals surface area contributed by atoms with Crippen molar-refractivity contribution >= 4 is 28.2 Å². The number of hydrogen-bond acceptors (Lipinski definition) is 6. The lowest BCUT2D eigenvalue weighted by atomic mass is 10.2. The lowest BCUT2D eigenvalue weighted by Crippen LogP contribution is -2.06. The smallest absolute Gasteiger partial charge is 0.280 e. The predicted octanol–water partition coefficient (Wildman–Crippen LogP) is 2.89. The van der Waals surface area contributed by atoms with Crippen molar-refractivity contribution in [3.05, 3.63) is 54.0 Å². The first-order valence-electron chi connectivity index (χ1n) is 8.75. The standard InChI is InChI=1S/C18H16F2N8/c19-17(20)13-5-10-6-14(23-8-12(10)18(21)24-13)25-15-7-11-1-3-27-4-2-22-16(27)9-28(11)26-15/h2,4-8,17H,1,3,9H2,(H2,21,24)(H,23,25,26). The van der Waals surface area contributed by atoms with Gasteiger partial charge >= 0.3 is 0 Å². The van der Waals surface area contributed by atoms with Gasteiger partial charge in [0.15, 0.2) is 5.82 Å². The van der Waals surface area contributed by atoms with E-state index in [1.165, 1.54) is 12.3 Å². The highest BCUT2D eigenvalue weighted by Crippen LogP contribution is 2.27. The van der Waals surface area contributed by atoms with Gasteiger partial charge in [-0.2, -0.15) is 5.10 Å². The van der Waals surface area contributed by atoms with Crippen molar-refractivity contribution in [1.82, 2.24) is 29.3 Å². The summed E-state index contributed by atoms with van der Waals surface area (Å²) >= 11 is 0. The Hall–Kier alpha value is -3.56. The van der Waals surface area contributed by atoms with Crippen LogP contribution in [0.5, 0.6) is 0 Å². The van der Waals surface area contributed by atoms with Crippen molar-refractivity contribution in [2.75, 3.05) is 11.1 Å². The number of halogens is 2. The van der Waals surface area contributed by atoms with Gasteiger partial charge < -0.3 is 15.6 Å². The normalized spacial score (nSPS) is 13.4. The maximum atomic E-state index is 13.0. The van der Waals surface area contributed by atoms with Gasteiger partial charge in [0.1, 0.15) is 23.2 Å².